The highest BCUT2D eigenvalue weighted by Gasteiger charge is 2.39. The number of carboxylic acids is 1. The van der Waals surface area contributed by atoms with E-state index in [1.807, 2.05) is 24.3 Å². The number of hydrogen-bond acceptors (Lipinski definition) is 6. The Labute approximate surface area is 180 Å². The minimum atomic E-state index is -4.08. The Morgan fingerprint density at radius 3 is 2.42 bits per heavy atom. The lowest BCUT2D eigenvalue weighted by Gasteiger charge is -2.35. The van der Waals surface area contributed by atoms with Gasteiger partial charge in [-0.05, 0) is 29.7 Å². The summed E-state index contributed by atoms with van der Waals surface area (Å²) in [7, 11) is -1.22. The van der Waals surface area contributed by atoms with Crippen molar-refractivity contribution in [2.24, 2.45) is 0 Å². The molecule has 1 aliphatic rings. The van der Waals surface area contributed by atoms with E-state index in [4.69, 9.17) is 14.6 Å². The SMILES string of the molecule is COc1ccc(S(=O)(=O)N2Cc3ccccc3CC2C(=O)NCCC(=O)O)cc1OC. The van der Waals surface area contributed by atoms with Crippen molar-refractivity contribution in [3.63, 3.8) is 0 Å². The van der Waals surface area contributed by atoms with Gasteiger partial charge in [0.05, 0.1) is 25.5 Å². The summed E-state index contributed by atoms with van der Waals surface area (Å²) in [5.41, 5.74) is 1.68. The summed E-state index contributed by atoms with van der Waals surface area (Å²) in [6, 6.07) is 10.6. The molecular weight excluding hydrogens is 424 g/mol. The molecule has 9 nitrogen and oxygen atoms in total. The van der Waals surface area contributed by atoms with Gasteiger partial charge in [-0.15, -0.1) is 0 Å². The first kappa shape index (κ1) is 22.6. The molecule has 2 aromatic rings. The van der Waals surface area contributed by atoms with Crippen LogP contribution in [0, 0.1) is 0 Å². The molecule has 0 radical (unpaired) electrons. The van der Waals surface area contributed by atoms with Gasteiger partial charge in [0.1, 0.15) is 6.04 Å². The van der Waals surface area contributed by atoms with Crippen LogP contribution in [0.4, 0.5) is 0 Å². The van der Waals surface area contributed by atoms with Crippen LogP contribution in [0.3, 0.4) is 0 Å². The standard InChI is InChI=1S/C21H24N2O7S/c1-29-18-8-7-16(12-19(18)30-2)31(27,28)23-13-15-6-4-3-5-14(15)11-17(23)21(26)22-10-9-20(24)25/h3-8,12,17H,9-11,13H2,1-2H3,(H,22,26)(H,24,25). The summed E-state index contributed by atoms with van der Waals surface area (Å²) in [6.07, 6.45) is -0.0704. The molecule has 0 fully saturated rings. The number of aliphatic carboxylic acids is 1. The van der Waals surface area contributed by atoms with Gasteiger partial charge in [0.2, 0.25) is 15.9 Å². The summed E-state index contributed by atoms with van der Waals surface area (Å²) in [4.78, 5) is 23.6. The monoisotopic (exact) mass is 448 g/mol. The Balaban J connectivity index is 1.98. The van der Waals surface area contributed by atoms with Crippen molar-refractivity contribution in [2.45, 2.75) is 30.3 Å². The van der Waals surface area contributed by atoms with Crippen molar-refractivity contribution < 1.29 is 32.6 Å². The molecule has 1 heterocycles. The maximum Gasteiger partial charge on any atom is 0.305 e. The first-order chi connectivity index (χ1) is 14.8. The molecule has 2 N–H and O–H groups in total. The highest BCUT2D eigenvalue weighted by molar-refractivity contribution is 7.89. The third-order valence-electron chi connectivity index (χ3n) is 5.11. The molecule has 0 saturated carbocycles. The molecule has 0 aliphatic carbocycles. The maximum absolute atomic E-state index is 13.5. The van der Waals surface area contributed by atoms with Gasteiger partial charge >= 0.3 is 5.97 Å². The third kappa shape index (κ3) is 4.80. The predicted octanol–water partition coefficient (Wildman–Crippen LogP) is 1.41. The highest BCUT2D eigenvalue weighted by Crippen LogP contribution is 2.34. The Morgan fingerprint density at radius 2 is 1.77 bits per heavy atom. The van der Waals surface area contributed by atoms with Crippen LogP contribution in [0.1, 0.15) is 17.5 Å². The van der Waals surface area contributed by atoms with Gasteiger partial charge in [-0.25, -0.2) is 8.42 Å². The van der Waals surface area contributed by atoms with E-state index in [2.05, 4.69) is 5.32 Å². The van der Waals surface area contributed by atoms with E-state index in [0.717, 1.165) is 15.4 Å². The Kier molecular flexibility index (Phi) is 6.81. The molecule has 2 aromatic carbocycles. The first-order valence-electron chi connectivity index (χ1n) is 9.58. The zero-order valence-corrected chi connectivity index (χ0v) is 18.0. The summed E-state index contributed by atoms with van der Waals surface area (Å²) in [5.74, 6) is -0.958. The third-order valence-corrected chi connectivity index (χ3v) is 6.96. The van der Waals surface area contributed by atoms with Crippen LogP contribution in [0.2, 0.25) is 0 Å². The van der Waals surface area contributed by atoms with Crippen LogP contribution < -0.4 is 14.8 Å². The largest absolute Gasteiger partial charge is 0.493 e. The zero-order valence-electron chi connectivity index (χ0n) is 17.2. The number of hydrogen-bond donors (Lipinski definition) is 2. The van der Waals surface area contributed by atoms with Crippen LogP contribution >= 0.6 is 0 Å². The molecule has 3 rings (SSSR count). The summed E-state index contributed by atoms with van der Waals surface area (Å²) in [5, 5.41) is 11.3. The Hall–Kier alpha value is -3.11. The fourth-order valence-corrected chi connectivity index (χ4v) is 5.08. The van der Waals surface area contributed by atoms with Crippen LogP contribution in [0.25, 0.3) is 0 Å². The quantitative estimate of drug-likeness (QED) is 0.626. The predicted molar refractivity (Wildman–Crippen MR) is 111 cm³/mol. The van der Waals surface area contributed by atoms with E-state index in [9.17, 15) is 18.0 Å². The lowest BCUT2D eigenvalue weighted by molar-refractivity contribution is -0.137. The van der Waals surface area contributed by atoms with Crippen molar-refractivity contribution in [1.82, 2.24) is 9.62 Å². The van der Waals surface area contributed by atoms with Gasteiger partial charge < -0.3 is 19.9 Å². The van der Waals surface area contributed by atoms with Crippen molar-refractivity contribution in [3.8, 4) is 11.5 Å². The fraction of sp³-hybridized carbons (Fsp3) is 0.333. The highest BCUT2D eigenvalue weighted by atomic mass is 32.2. The number of carboxylic acid groups (broad SMARTS) is 1. The minimum Gasteiger partial charge on any atom is -0.493 e. The van der Waals surface area contributed by atoms with Gasteiger partial charge in [0.25, 0.3) is 0 Å². The van der Waals surface area contributed by atoms with Crippen molar-refractivity contribution >= 4 is 21.9 Å². The van der Waals surface area contributed by atoms with E-state index in [0.29, 0.717) is 5.75 Å². The number of carbonyl (C=O) groups is 2. The second-order valence-electron chi connectivity index (χ2n) is 6.99. The van der Waals surface area contributed by atoms with Gasteiger partial charge in [0.15, 0.2) is 11.5 Å². The molecule has 1 unspecified atom stereocenters. The number of rotatable bonds is 8. The number of benzene rings is 2. The number of fused-ring (bicyclic) bond motifs is 1. The molecular formula is C21H24N2O7S. The first-order valence-corrected chi connectivity index (χ1v) is 11.0. The van der Waals surface area contributed by atoms with E-state index in [-0.39, 0.29) is 36.6 Å². The Morgan fingerprint density at radius 1 is 1.10 bits per heavy atom. The van der Waals surface area contributed by atoms with Crippen molar-refractivity contribution in [2.75, 3.05) is 20.8 Å². The number of nitrogens with zero attached hydrogens (tertiary/aromatic N) is 1. The minimum absolute atomic E-state index is 0.0177. The number of sulfonamides is 1. The molecule has 0 spiro atoms. The van der Waals surface area contributed by atoms with Crippen LogP contribution in [0.15, 0.2) is 47.4 Å². The van der Waals surface area contributed by atoms with Crippen molar-refractivity contribution in [1.29, 1.82) is 0 Å². The van der Waals surface area contributed by atoms with Gasteiger partial charge in [-0.2, -0.15) is 4.31 Å². The molecule has 31 heavy (non-hydrogen) atoms. The lowest BCUT2D eigenvalue weighted by Crippen LogP contribution is -2.52. The van der Waals surface area contributed by atoms with E-state index in [1.165, 1.54) is 32.4 Å². The zero-order chi connectivity index (χ0) is 22.6. The van der Waals surface area contributed by atoms with E-state index < -0.39 is 27.9 Å². The molecule has 1 aliphatic heterocycles. The normalized spacial score (nSPS) is 16.3. The number of carbonyl (C=O) groups excluding carboxylic acids is 1. The summed E-state index contributed by atoms with van der Waals surface area (Å²) in [6.45, 7) is -0.0690. The van der Waals surface area contributed by atoms with Crippen LogP contribution in [-0.2, 0) is 32.6 Å². The molecule has 1 amide bonds. The number of methoxy groups -OCH3 is 2. The number of nitrogens with one attached hydrogen (secondary N) is 1. The number of ether oxygens (including phenoxy) is 2. The second kappa shape index (κ2) is 9.36. The maximum atomic E-state index is 13.5. The smallest absolute Gasteiger partial charge is 0.305 e. The molecule has 0 bridgehead atoms. The molecule has 166 valence electrons. The molecule has 10 heteroatoms. The van der Waals surface area contributed by atoms with E-state index >= 15 is 0 Å². The van der Waals surface area contributed by atoms with Crippen LogP contribution in [-0.4, -0.2) is 56.5 Å². The Bertz CT molecular complexity index is 1080. The van der Waals surface area contributed by atoms with Gasteiger partial charge in [0, 0.05) is 19.2 Å². The summed E-state index contributed by atoms with van der Waals surface area (Å²) < 4.78 is 38.6. The molecule has 0 saturated heterocycles. The van der Waals surface area contributed by atoms with Gasteiger partial charge in [-0.1, -0.05) is 24.3 Å². The van der Waals surface area contributed by atoms with Crippen LogP contribution in [0.5, 0.6) is 11.5 Å². The van der Waals surface area contributed by atoms with Gasteiger partial charge in [-0.3, -0.25) is 9.59 Å². The average molecular weight is 448 g/mol. The topological polar surface area (TPSA) is 122 Å². The fourth-order valence-electron chi connectivity index (χ4n) is 3.50. The van der Waals surface area contributed by atoms with Crippen molar-refractivity contribution in [3.05, 3.63) is 53.6 Å². The average Bonchev–Trinajstić information content (AvgIpc) is 2.77. The summed E-state index contributed by atoms with van der Waals surface area (Å²) >= 11 is 0. The molecule has 1 atom stereocenters. The molecule has 0 aromatic heterocycles. The van der Waals surface area contributed by atoms with E-state index in [1.54, 1.807) is 0 Å². The lowest BCUT2D eigenvalue weighted by atomic mass is 9.95. The second-order valence-corrected chi connectivity index (χ2v) is 8.88. The number of amides is 1.